The van der Waals surface area contributed by atoms with Crippen LogP contribution in [-0.2, 0) is 13.6 Å². The summed E-state index contributed by atoms with van der Waals surface area (Å²) in [5.41, 5.74) is 17.6. The topological polar surface area (TPSA) is 145 Å². The lowest BCUT2D eigenvalue weighted by molar-refractivity contribution is 0.666. The zero-order valence-corrected chi connectivity index (χ0v) is 37.2. The molecule has 0 amide bonds. The highest BCUT2D eigenvalue weighted by Crippen LogP contribution is 2.45. The van der Waals surface area contributed by atoms with Crippen LogP contribution in [0.5, 0.6) is 0 Å². The van der Waals surface area contributed by atoms with Gasteiger partial charge in [0.2, 0.25) is 17.3 Å². The number of fused-ring (bicyclic) bond motifs is 26. The summed E-state index contributed by atoms with van der Waals surface area (Å²) in [5.74, 6) is 2.34. The number of aryl methyl sites for hydroxylation is 1. The van der Waals surface area contributed by atoms with Gasteiger partial charge in [-0.25, -0.2) is 15.0 Å². The fourth-order valence-electron chi connectivity index (χ4n) is 12.0. The first-order chi connectivity index (χ1) is 35.1. The first-order valence-electron chi connectivity index (χ1n) is 23.3. The number of benzene rings is 6. The van der Waals surface area contributed by atoms with Crippen molar-refractivity contribution >= 4 is 149 Å². The molecule has 6 aromatic carbocycles. The van der Waals surface area contributed by atoms with Crippen LogP contribution < -0.4 is 0 Å². The third-order valence-corrected chi connectivity index (χ3v) is 14.9. The number of nitrogens with zero attached hydrogens (tertiary/aromatic N) is 12. The first kappa shape index (κ1) is 36.1. The van der Waals surface area contributed by atoms with Gasteiger partial charge in [-0.2, -0.15) is 0 Å². The lowest BCUT2D eigenvalue weighted by Gasteiger charge is -2.12. The lowest BCUT2D eigenvalue weighted by atomic mass is 10.0. The fraction of sp³-hybridized carbons (Fsp3) is 0.0357. The Kier molecular flexibility index (Phi) is 6.28. The number of hydrogen-bond acceptors (Lipinski definition) is 9. The largest absolute Gasteiger partial charge is 0.454 e. The Balaban J connectivity index is 1.04. The number of rotatable bonds is 3. The Labute approximate surface area is 395 Å². The van der Waals surface area contributed by atoms with Crippen molar-refractivity contribution in [2.45, 2.75) is 6.54 Å². The number of aromatic nitrogens is 12. The third-order valence-electron chi connectivity index (χ3n) is 14.9. The predicted octanol–water partition coefficient (Wildman–Crippen LogP) is 12.4. The average molecular weight is 919 g/mol. The van der Waals surface area contributed by atoms with E-state index < -0.39 is 0 Å². The van der Waals surface area contributed by atoms with Gasteiger partial charge in [0, 0.05) is 64.7 Å². The Morgan fingerprint density at radius 1 is 0.437 bits per heavy atom. The maximum absolute atomic E-state index is 6.92. The number of pyridine rings is 3. The molecule has 0 saturated heterocycles. The van der Waals surface area contributed by atoms with E-state index in [0.29, 0.717) is 23.3 Å². The van der Waals surface area contributed by atoms with Crippen LogP contribution in [0, 0.1) is 0 Å². The van der Waals surface area contributed by atoms with E-state index in [2.05, 4.69) is 128 Å². The molecule has 332 valence electrons. The molecule has 0 N–H and O–H groups in total. The number of para-hydroxylation sites is 6. The summed E-state index contributed by atoms with van der Waals surface area (Å²) in [6.45, 7) is 0.407. The molecule has 15 heteroatoms. The molecule has 0 atom stereocenters. The van der Waals surface area contributed by atoms with Crippen LogP contribution in [0.4, 0.5) is 0 Å². The van der Waals surface area contributed by atoms with Crippen molar-refractivity contribution in [2.75, 3.05) is 0 Å². The summed E-state index contributed by atoms with van der Waals surface area (Å²) in [6.07, 6.45) is 10.9. The second-order valence-electron chi connectivity index (χ2n) is 18.5. The maximum atomic E-state index is 6.92. The second-order valence-corrected chi connectivity index (χ2v) is 18.5. The van der Waals surface area contributed by atoms with E-state index in [1.54, 1.807) is 18.6 Å². The normalized spacial score (nSPS) is 12.9. The Bertz CT molecular complexity index is 5430. The second kappa shape index (κ2) is 12.3. The summed E-state index contributed by atoms with van der Waals surface area (Å²) < 4.78 is 33.9. The van der Waals surface area contributed by atoms with Gasteiger partial charge in [-0.05, 0) is 72.3 Å². The number of hydrogen-bond donors (Lipinski definition) is 0. The molecule has 0 saturated carbocycles. The Hall–Kier alpha value is -10.0. The summed E-state index contributed by atoms with van der Waals surface area (Å²) in [4.78, 5) is 29.5. The first-order valence-corrected chi connectivity index (χ1v) is 23.3. The molecule has 0 bridgehead atoms. The lowest BCUT2D eigenvalue weighted by Crippen LogP contribution is -2.03. The van der Waals surface area contributed by atoms with Gasteiger partial charge in [-0.3, -0.25) is 32.7 Å². The van der Waals surface area contributed by atoms with Gasteiger partial charge in [-0.1, -0.05) is 36.4 Å². The molecule has 0 aliphatic rings. The van der Waals surface area contributed by atoms with Crippen LogP contribution in [0.1, 0.15) is 5.56 Å². The molecule has 0 aliphatic carbocycles. The molecular formula is C56H30N12O3. The van der Waals surface area contributed by atoms with Crippen molar-refractivity contribution in [2.24, 2.45) is 7.05 Å². The maximum Gasteiger partial charge on any atom is 0.220 e. The third kappa shape index (κ3) is 4.32. The van der Waals surface area contributed by atoms with Crippen LogP contribution in [0.25, 0.3) is 155 Å². The smallest absolute Gasteiger partial charge is 0.220 e. The van der Waals surface area contributed by atoms with E-state index in [1.165, 1.54) is 0 Å². The highest BCUT2D eigenvalue weighted by molar-refractivity contribution is 6.22. The molecule has 0 radical (unpaired) electrons. The predicted molar refractivity (Wildman–Crippen MR) is 275 cm³/mol. The Morgan fingerprint density at radius 3 is 1.76 bits per heavy atom. The standard InChI is InChI=1S/C56H30N12O3/c1-63-51-41(66-37-12-6-2-8-33(37)60-54(63)66)20-28(48-30-15-18-59-26-47(30)71-53(48)51)27-64-52-49-31-16-19-58-25-46(31)70-44(49)23-42(50(52)68-38-13-7-4-10-35(38)61-55(64)68)67-39-21-32-29-14-17-57-24-45(29)69-43(32)22-40(39)65-36-11-5-3-9-34(36)62-56(65)67/h2-26H,27H2,1H3. The highest BCUT2D eigenvalue weighted by Gasteiger charge is 2.30. The molecular weight excluding hydrogens is 889 g/mol. The minimum Gasteiger partial charge on any atom is -0.454 e. The molecule has 12 aromatic heterocycles. The van der Waals surface area contributed by atoms with Crippen molar-refractivity contribution < 1.29 is 13.3 Å². The molecule has 18 aromatic rings. The highest BCUT2D eigenvalue weighted by atomic mass is 16.3. The Morgan fingerprint density at radius 2 is 1.03 bits per heavy atom. The van der Waals surface area contributed by atoms with E-state index in [-0.39, 0.29) is 0 Å². The van der Waals surface area contributed by atoms with Crippen molar-refractivity contribution in [3.8, 4) is 5.69 Å². The van der Waals surface area contributed by atoms with Gasteiger partial charge in [0.05, 0.1) is 96.9 Å². The molecule has 0 aliphatic heterocycles. The number of furan rings is 3. The van der Waals surface area contributed by atoms with Crippen LogP contribution in [0.15, 0.2) is 166 Å². The van der Waals surface area contributed by atoms with E-state index >= 15 is 0 Å². The van der Waals surface area contributed by atoms with Crippen molar-refractivity contribution in [3.05, 3.63) is 158 Å². The molecule has 18 rings (SSSR count). The van der Waals surface area contributed by atoms with E-state index in [9.17, 15) is 0 Å². The van der Waals surface area contributed by atoms with Crippen molar-refractivity contribution in [1.29, 1.82) is 0 Å². The molecule has 12 heterocycles. The fourth-order valence-corrected chi connectivity index (χ4v) is 12.0. The zero-order chi connectivity index (χ0) is 46.0. The molecule has 71 heavy (non-hydrogen) atoms. The summed E-state index contributed by atoms with van der Waals surface area (Å²) >= 11 is 0. The number of imidazole rings is 6. The quantitative estimate of drug-likeness (QED) is 0.169. The van der Waals surface area contributed by atoms with E-state index in [0.717, 1.165) is 144 Å². The van der Waals surface area contributed by atoms with Crippen LogP contribution in [0.3, 0.4) is 0 Å². The van der Waals surface area contributed by atoms with Gasteiger partial charge < -0.3 is 22.4 Å². The molecule has 0 spiro atoms. The van der Waals surface area contributed by atoms with Crippen LogP contribution in [-0.4, -0.2) is 56.8 Å². The average Bonchev–Trinajstić information content (AvgIpc) is 4.30. The van der Waals surface area contributed by atoms with Crippen molar-refractivity contribution in [3.63, 3.8) is 0 Å². The van der Waals surface area contributed by atoms with Crippen LogP contribution in [0.2, 0.25) is 0 Å². The summed E-state index contributed by atoms with van der Waals surface area (Å²) in [7, 11) is 2.06. The van der Waals surface area contributed by atoms with Crippen molar-refractivity contribution in [1.82, 2.24) is 56.8 Å². The van der Waals surface area contributed by atoms with Gasteiger partial charge in [0.25, 0.3) is 0 Å². The zero-order valence-electron chi connectivity index (χ0n) is 37.2. The summed E-state index contributed by atoms with van der Waals surface area (Å²) in [6, 6.07) is 39.9. The molecule has 15 nitrogen and oxygen atoms in total. The van der Waals surface area contributed by atoms with Crippen LogP contribution >= 0.6 is 0 Å². The minimum atomic E-state index is 0.407. The van der Waals surface area contributed by atoms with Gasteiger partial charge >= 0.3 is 0 Å². The minimum absolute atomic E-state index is 0.407. The van der Waals surface area contributed by atoms with E-state index in [4.69, 9.17) is 28.2 Å². The molecule has 0 unspecified atom stereocenters. The SMILES string of the molecule is Cn1c2c3oc4cnccc4c3c(Cn3c4c5c(cc(-n6c7cc8c(cc7n7c9ccccc9nc67)oc6cnccc68)c4n4c6ccccc6nc34)oc3cnccc35)cc2n2c3ccccc3nc12. The van der Waals surface area contributed by atoms with Gasteiger partial charge in [0.15, 0.2) is 22.3 Å². The van der Waals surface area contributed by atoms with Gasteiger partial charge in [-0.15, -0.1) is 0 Å². The van der Waals surface area contributed by atoms with Gasteiger partial charge in [0.1, 0.15) is 16.7 Å². The monoisotopic (exact) mass is 918 g/mol. The molecule has 0 fully saturated rings. The summed E-state index contributed by atoms with van der Waals surface area (Å²) in [5, 5.41) is 5.84. The van der Waals surface area contributed by atoms with E-state index in [1.807, 2.05) is 55.0 Å².